The Kier molecular flexibility index (Phi) is 4.45. The zero-order valence-electron chi connectivity index (χ0n) is 12.9. The van der Waals surface area contributed by atoms with Crippen LogP contribution < -0.4 is 5.32 Å². The largest absolute Gasteiger partial charge is 0.433 e. The molecule has 9 heteroatoms. The molecule has 2 aromatic carbocycles. The van der Waals surface area contributed by atoms with Gasteiger partial charge in [0.15, 0.2) is 17.5 Å². The molecule has 0 saturated carbocycles. The molecule has 134 valence electrons. The van der Waals surface area contributed by atoms with Crippen molar-refractivity contribution in [2.45, 2.75) is 6.18 Å². The molecule has 0 aliphatic heterocycles. The summed E-state index contributed by atoms with van der Waals surface area (Å²) in [5.74, 6) is -3.70. The van der Waals surface area contributed by atoms with Crippen LogP contribution in [0, 0.1) is 11.6 Å². The average Bonchev–Trinajstić information content (AvgIpc) is 3.02. The van der Waals surface area contributed by atoms with Gasteiger partial charge in [-0.25, -0.2) is 8.78 Å². The summed E-state index contributed by atoms with van der Waals surface area (Å²) >= 11 is 0. The van der Waals surface area contributed by atoms with Gasteiger partial charge in [-0.3, -0.25) is 9.89 Å². The van der Waals surface area contributed by atoms with Crippen molar-refractivity contribution in [2.75, 3.05) is 5.32 Å². The van der Waals surface area contributed by atoms with Gasteiger partial charge in [-0.05, 0) is 23.8 Å². The lowest BCUT2D eigenvalue weighted by Crippen LogP contribution is -2.14. The van der Waals surface area contributed by atoms with Gasteiger partial charge < -0.3 is 5.32 Å². The van der Waals surface area contributed by atoms with Crippen LogP contribution in [0.25, 0.3) is 11.1 Å². The monoisotopic (exact) mass is 367 g/mol. The quantitative estimate of drug-likeness (QED) is 0.664. The fraction of sp³-hybridized carbons (Fsp3) is 0.0588. The number of H-pyrrole nitrogens is 1. The molecule has 1 aromatic heterocycles. The minimum absolute atomic E-state index is 0.175. The van der Waals surface area contributed by atoms with Crippen LogP contribution >= 0.6 is 0 Å². The van der Waals surface area contributed by atoms with E-state index in [0.29, 0.717) is 6.07 Å². The molecule has 3 aromatic rings. The number of benzene rings is 2. The predicted molar refractivity (Wildman–Crippen MR) is 83.3 cm³/mol. The highest BCUT2D eigenvalue weighted by Gasteiger charge is 2.38. The molecule has 0 radical (unpaired) electrons. The number of halogens is 5. The zero-order valence-corrected chi connectivity index (χ0v) is 12.9. The number of hydrogen-bond donors (Lipinski definition) is 2. The Morgan fingerprint density at radius 1 is 1.00 bits per heavy atom. The Morgan fingerprint density at radius 3 is 2.31 bits per heavy atom. The van der Waals surface area contributed by atoms with Gasteiger partial charge >= 0.3 is 6.18 Å². The van der Waals surface area contributed by atoms with Gasteiger partial charge in [0, 0.05) is 5.56 Å². The molecule has 0 spiro atoms. The Hall–Kier alpha value is -3.23. The molecular formula is C17H10F5N3O. The third-order valence-electron chi connectivity index (χ3n) is 3.53. The molecule has 0 unspecified atom stereocenters. The van der Waals surface area contributed by atoms with Crippen molar-refractivity contribution in [1.29, 1.82) is 0 Å². The number of anilines is 1. The zero-order chi connectivity index (χ0) is 18.9. The number of alkyl halides is 3. The van der Waals surface area contributed by atoms with Crippen LogP contribution in [0.2, 0.25) is 0 Å². The fourth-order valence-corrected chi connectivity index (χ4v) is 2.34. The molecule has 0 aliphatic carbocycles. The van der Waals surface area contributed by atoms with Crippen LogP contribution in [-0.2, 0) is 6.18 Å². The van der Waals surface area contributed by atoms with Crippen LogP contribution in [0.15, 0.2) is 48.5 Å². The minimum Gasteiger partial charge on any atom is -0.305 e. The summed E-state index contributed by atoms with van der Waals surface area (Å²) in [6.07, 6.45) is -4.73. The van der Waals surface area contributed by atoms with E-state index in [1.165, 1.54) is 24.3 Å². The van der Waals surface area contributed by atoms with Crippen molar-refractivity contribution in [2.24, 2.45) is 0 Å². The second-order valence-corrected chi connectivity index (χ2v) is 5.27. The number of rotatable bonds is 3. The van der Waals surface area contributed by atoms with Gasteiger partial charge in [0.25, 0.3) is 5.91 Å². The van der Waals surface area contributed by atoms with Crippen molar-refractivity contribution in [3.8, 4) is 11.1 Å². The number of carbonyl (C=O) groups is 1. The first-order chi connectivity index (χ1) is 12.3. The van der Waals surface area contributed by atoms with E-state index >= 15 is 0 Å². The molecule has 26 heavy (non-hydrogen) atoms. The highest BCUT2D eigenvalue weighted by atomic mass is 19.4. The predicted octanol–water partition coefficient (Wildman–Crippen LogP) is 4.63. The van der Waals surface area contributed by atoms with Crippen LogP contribution in [0.3, 0.4) is 0 Å². The highest BCUT2D eigenvalue weighted by molar-refractivity contribution is 6.05. The van der Waals surface area contributed by atoms with E-state index in [-0.39, 0.29) is 22.5 Å². The number of nitrogens with one attached hydrogen (secondary N) is 2. The average molecular weight is 367 g/mol. The van der Waals surface area contributed by atoms with Crippen LogP contribution in [-0.4, -0.2) is 16.1 Å². The maximum atomic E-state index is 13.3. The van der Waals surface area contributed by atoms with Crippen molar-refractivity contribution in [1.82, 2.24) is 10.2 Å². The lowest BCUT2D eigenvalue weighted by Gasteiger charge is -2.10. The summed E-state index contributed by atoms with van der Waals surface area (Å²) in [6.45, 7) is 0. The summed E-state index contributed by atoms with van der Waals surface area (Å²) in [5, 5.41) is 7.58. The van der Waals surface area contributed by atoms with E-state index in [0.717, 1.165) is 12.1 Å². The second-order valence-electron chi connectivity index (χ2n) is 5.27. The molecule has 1 amide bonds. The lowest BCUT2D eigenvalue weighted by atomic mass is 10.0. The number of aromatic nitrogens is 2. The fourth-order valence-electron chi connectivity index (χ4n) is 2.34. The lowest BCUT2D eigenvalue weighted by molar-refractivity contribution is -0.140. The van der Waals surface area contributed by atoms with Crippen LogP contribution in [0.1, 0.15) is 16.1 Å². The van der Waals surface area contributed by atoms with Crippen molar-refractivity contribution < 1.29 is 26.7 Å². The summed E-state index contributed by atoms with van der Waals surface area (Å²) in [7, 11) is 0. The van der Waals surface area contributed by atoms with Gasteiger partial charge in [0.2, 0.25) is 0 Å². The van der Waals surface area contributed by atoms with Gasteiger partial charge in [-0.1, -0.05) is 30.3 Å². The van der Waals surface area contributed by atoms with E-state index < -0.39 is 29.4 Å². The minimum atomic E-state index is -4.73. The highest BCUT2D eigenvalue weighted by Crippen LogP contribution is 2.39. The first-order valence-corrected chi connectivity index (χ1v) is 7.24. The first-order valence-electron chi connectivity index (χ1n) is 7.24. The van der Waals surface area contributed by atoms with Gasteiger partial charge in [-0.2, -0.15) is 18.3 Å². The maximum Gasteiger partial charge on any atom is 0.433 e. The molecule has 0 saturated heterocycles. The topological polar surface area (TPSA) is 57.8 Å². The molecule has 2 N–H and O–H groups in total. The van der Waals surface area contributed by atoms with Crippen molar-refractivity contribution >= 4 is 11.7 Å². The smallest absolute Gasteiger partial charge is 0.305 e. The molecule has 4 nitrogen and oxygen atoms in total. The Morgan fingerprint density at radius 2 is 1.69 bits per heavy atom. The van der Waals surface area contributed by atoms with Gasteiger partial charge in [0.05, 0.1) is 5.56 Å². The van der Waals surface area contributed by atoms with Crippen LogP contribution in [0.5, 0.6) is 0 Å². The molecule has 0 aliphatic rings. The van der Waals surface area contributed by atoms with E-state index in [1.54, 1.807) is 6.07 Å². The molecular weight excluding hydrogens is 357 g/mol. The van der Waals surface area contributed by atoms with Crippen molar-refractivity contribution in [3.05, 3.63) is 71.4 Å². The van der Waals surface area contributed by atoms with Gasteiger partial charge in [-0.15, -0.1) is 0 Å². The van der Waals surface area contributed by atoms with Crippen molar-refractivity contribution in [3.63, 3.8) is 0 Å². The number of nitrogens with zero attached hydrogens (tertiary/aromatic N) is 1. The SMILES string of the molecule is O=C(Nc1n[nH]c(C(F)(F)F)c1-c1ccccc1)c1ccc(F)c(F)c1. The summed E-state index contributed by atoms with van der Waals surface area (Å²) < 4.78 is 65.9. The van der Waals surface area contributed by atoms with Crippen LogP contribution in [0.4, 0.5) is 27.8 Å². The maximum absolute atomic E-state index is 13.3. The normalized spacial score (nSPS) is 11.4. The van der Waals surface area contributed by atoms with E-state index in [4.69, 9.17) is 0 Å². The standard InChI is InChI=1S/C17H10F5N3O/c18-11-7-6-10(8-12(11)19)16(26)23-15-13(9-4-2-1-3-5-9)14(24-25-15)17(20,21)22/h1-8H,(H2,23,24,25,26). The number of hydrogen-bond acceptors (Lipinski definition) is 2. The van der Waals surface area contributed by atoms with E-state index in [2.05, 4.69) is 10.4 Å². The second kappa shape index (κ2) is 6.58. The van der Waals surface area contributed by atoms with Gasteiger partial charge in [0.1, 0.15) is 5.69 Å². The number of aromatic amines is 1. The Labute approximate surface area is 143 Å². The number of carbonyl (C=O) groups excluding carboxylic acids is 1. The van der Waals surface area contributed by atoms with E-state index in [9.17, 15) is 26.7 Å². The Bertz CT molecular complexity index is 951. The molecule has 0 bridgehead atoms. The molecule has 0 atom stereocenters. The number of amides is 1. The summed E-state index contributed by atoms with van der Waals surface area (Å²) in [5.41, 5.74) is -1.58. The third-order valence-corrected chi connectivity index (χ3v) is 3.53. The molecule has 3 rings (SSSR count). The summed E-state index contributed by atoms with van der Waals surface area (Å²) in [4.78, 5) is 12.2. The third kappa shape index (κ3) is 3.41. The molecule has 0 fully saturated rings. The van der Waals surface area contributed by atoms with E-state index in [1.807, 2.05) is 5.10 Å². The Balaban J connectivity index is 2.01. The summed E-state index contributed by atoms with van der Waals surface area (Å²) in [6, 6.07) is 9.93. The first kappa shape index (κ1) is 17.6. The molecule has 1 heterocycles.